The number of carbonyl (C=O) groups is 2. The molecule has 0 unspecified atom stereocenters. The van der Waals surface area contributed by atoms with Crippen molar-refractivity contribution >= 4 is 29.1 Å². The van der Waals surface area contributed by atoms with E-state index < -0.39 is 0 Å². The topological polar surface area (TPSA) is 79.5 Å². The van der Waals surface area contributed by atoms with Gasteiger partial charge in [0.05, 0.1) is 6.61 Å². The third-order valence-corrected chi connectivity index (χ3v) is 3.72. The van der Waals surface area contributed by atoms with Crippen LogP contribution in [0.15, 0.2) is 24.3 Å². The summed E-state index contributed by atoms with van der Waals surface area (Å²) in [6.45, 7) is 6.73. The summed E-state index contributed by atoms with van der Waals surface area (Å²) in [4.78, 5) is 23.7. The van der Waals surface area contributed by atoms with Gasteiger partial charge >= 0.3 is 0 Å². The van der Waals surface area contributed by atoms with Gasteiger partial charge in [0.1, 0.15) is 5.75 Å². The van der Waals surface area contributed by atoms with Crippen LogP contribution in [0.3, 0.4) is 0 Å². The van der Waals surface area contributed by atoms with Crippen molar-refractivity contribution in [3.8, 4) is 5.75 Å². The van der Waals surface area contributed by atoms with Gasteiger partial charge in [0.25, 0.3) is 5.91 Å². The van der Waals surface area contributed by atoms with Gasteiger partial charge in [0, 0.05) is 12.0 Å². The summed E-state index contributed by atoms with van der Waals surface area (Å²) in [5.74, 6) is 0.439. The predicted molar refractivity (Wildman–Crippen MR) is 107 cm³/mol. The van der Waals surface area contributed by atoms with E-state index in [1.807, 2.05) is 13.8 Å². The van der Waals surface area contributed by atoms with E-state index in [4.69, 9.17) is 17.0 Å². The molecule has 1 aromatic carbocycles. The Hall–Kier alpha value is -2.15. The van der Waals surface area contributed by atoms with Gasteiger partial charge in [0.2, 0.25) is 5.91 Å². The van der Waals surface area contributed by atoms with E-state index >= 15 is 0 Å². The molecule has 0 spiro atoms. The average molecular weight is 380 g/mol. The van der Waals surface area contributed by atoms with Crippen LogP contribution >= 0.6 is 12.2 Å². The monoisotopic (exact) mass is 379 g/mol. The lowest BCUT2D eigenvalue weighted by Gasteiger charge is -2.12. The predicted octanol–water partition coefficient (Wildman–Crippen LogP) is 3.33. The van der Waals surface area contributed by atoms with Gasteiger partial charge in [-0.05, 0) is 48.8 Å². The van der Waals surface area contributed by atoms with Gasteiger partial charge < -0.3 is 10.1 Å². The number of hydrogen-bond donors (Lipinski definition) is 3. The van der Waals surface area contributed by atoms with Crippen LogP contribution in [0.2, 0.25) is 0 Å². The highest BCUT2D eigenvalue weighted by atomic mass is 32.1. The number of carbonyl (C=O) groups excluding carboxylic acids is 2. The van der Waals surface area contributed by atoms with Gasteiger partial charge in [-0.1, -0.05) is 40.0 Å². The summed E-state index contributed by atoms with van der Waals surface area (Å²) in [5.41, 5.74) is 5.44. The third kappa shape index (κ3) is 9.36. The summed E-state index contributed by atoms with van der Waals surface area (Å²) in [7, 11) is 0. The van der Waals surface area contributed by atoms with E-state index in [0.29, 0.717) is 18.6 Å². The highest BCUT2D eigenvalue weighted by Crippen LogP contribution is 2.13. The molecule has 2 amide bonds. The maximum atomic E-state index is 12.1. The highest BCUT2D eigenvalue weighted by Gasteiger charge is 2.09. The molecule has 0 aliphatic carbocycles. The second kappa shape index (κ2) is 12.2. The largest absolute Gasteiger partial charge is 0.494 e. The molecule has 0 aromatic heterocycles. The molecule has 0 fully saturated rings. The first kappa shape index (κ1) is 21.9. The molecule has 0 saturated carbocycles. The molecule has 144 valence electrons. The van der Waals surface area contributed by atoms with E-state index in [1.54, 1.807) is 24.3 Å². The highest BCUT2D eigenvalue weighted by molar-refractivity contribution is 7.80. The maximum Gasteiger partial charge on any atom is 0.269 e. The Morgan fingerprint density at radius 1 is 1.08 bits per heavy atom. The summed E-state index contributed by atoms with van der Waals surface area (Å²) >= 11 is 4.97. The van der Waals surface area contributed by atoms with Crippen LogP contribution < -0.4 is 20.9 Å². The second-order valence-corrected chi connectivity index (χ2v) is 6.90. The Bertz CT molecular complexity index is 588. The minimum atomic E-state index is -0.347. The van der Waals surface area contributed by atoms with Crippen molar-refractivity contribution in [2.75, 3.05) is 6.61 Å². The van der Waals surface area contributed by atoms with E-state index in [0.717, 1.165) is 18.6 Å². The Morgan fingerprint density at radius 3 is 2.38 bits per heavy atom. The number of amides is 2. The summed E-state index contributed by atoms with van der Waals surface area (Å²) in [6.07, 6.45) is 4.98. The molecule has 7 heteroatoms. The molecule has 6 nitrogen and oxygen atoms in total. The normalized spacial score (nSPS) is 10.3. The van der Waals surface area contributed by atoms with Crippen molar-refractivity contribution in [2.45, 2.75) is 52.9 Å². The van der Waals surface area contributed by atoms with Crippen molar-refractivity contribution in [3.63, 3.8) is 0 Å². The Balaban J connectivity index is 2.34. The number of ether oxygens (including phenoxy) is 1. The quantitative estimate of drug-likeness (QED) is 0.348. The van der Waals surface area contributed by atoms with Crippen molar-refractivity contribution in [1.82, 2.24) is 16.2 Å². The Labute approximate surface area is 161 Å². The van der Waals surface area contributed by atoms with Crippen molar-refractivity contribution in [3.05, 3.63) is 29.8 Å². The van der Waals surface area contributed by atoms with Gasteiger partial charge in [-0.25, -0.2) is 0 Å². The van der Waals surface area contributed by atoms with Crippen LogP contribution in [0.5, 0.6) is 5.75 Å². The van der Waals surface area contributed by atoms with Crippen LogP contribution in [0.4, 0.5) is 0 Å². The number of rotatable bonds is 9. The van der Waals surface area contributed by atoms with Crippen molar-refractivity contribution < 1.29 is 14.3 Å². The van der Waals surface area contributed by atoms with Crippen LogP contribution in [0.1, 0.15) is 63.2 Å². The van der Waals surface area contributed by atoms with Crippen LogP contribution in [0.25, 0.3) is 0 Å². The fraction of sp³-hybridized carbons (Fsp3) is 0.526. The minimum Gasteiger partial charge on any atom is -0.494 e. The van der Waals surface area contributed by atoms with Gasteiger partial charge in [-0.3, -0.25) is 20.4 Å². The second-order valence-electron chi connectivity index (χ2n) is 6.49. The number of hydrazine groups is 1. The Morgan fingerprint density at radius 2 is 1.77 bits per heavy atom. The molecule has 0 heterocycles. The lowest BCUT2D eigenvalue weighted by Crippen LogP contribution is -2.48. The van der Waals surface area contributed by atoms with Crippen LogP contribution in [-0.4, -0.2) is 23.5 Å². The number of benzene rings is 1. The molecule has 0 aliphatic rings. The molecular weight excluding hydrogens is 350 g/mol. The van der Waals surface area contributed by atoms with Gasteiger partial charge in [0.15, 0.2) is 5.11 Å². The van der Waals surface area contributed by atoms with Gasteiger partial charge in [-0.2, -0.15) is 0 Å². The first-order valence-corrected chi connectivity index (χ1v) is 9.46. The molecule has 0 aliphatic heterocycles. The lowest BCUT2D eigenvalue weighted by molar-refractivity contribution is -0.120. The number of thiocarbonyl (C=S) groups is 1. The first-order chi connectivity index (χ1) is 12.4. The standard InChI is InChI=1S/C19H29N3O3S/c1-4-5-6-7-12-25-16-10-8-15(9-11-16)18(24)21-22-19(26)20-17(23)13-14(2)3/h8-11,14H,4-7,12-13H2,1-3H3,(H,21,24)(H2,20,22,23,26). The zero-order valence-electron chi connectivity index (χ0n) is 15.8. The summed E-state index contributed by atoms with van der Waals surface area (Å²) < 4.78 is 5.65. The zero-order valence-corrected chi connectivity index (χ0v) is 16.6. The molecule has 0 radical (unpaired) electrons. The van der Waals surface area contributed by atoms with Gasteiger partial charge in [-0.15, -0.1) is 0 Å². The van der Waals surface area contributed by atoms with E-state index in [-0.39, 0.29) is 22.8 Å². The van der Waals surface area contributed by atoms with Crippen molar-refractivity contribution in [1.29, 1.82) is 0 Å². The lowest BCUT2D eigenvalue weighted by atomic mass is 10.1. The molecule has 0 saturated heterocycles. The average Bonchev–Trinajstić information content (AvgIpc) is 2.59. The fourth-order valence-electron chi connectivity index (χ4n) is 2.19. The van der Waals surface area contributed by atoms with E-state index in [1.165, 1.54) is 12.8 Å². The van der Waals surface area contributed by atoms with Crippen LogP contribution in [0, 0.1) is 5.92 Å². The fourth-order valence-corrected chi connectivity index (χ4v) is 2.35. The van der Waals surface area contributed by atoms with Crippen molar-refractivity contribution in [2.24, 2.45) is 5.92 Å². The SMILES string of the molecule is CCCCCCOc1ccc(C(=O)NNC(=S)NC(=O)CC(C)C)cc1. The molecule has 26 heavy (non-hydrogen) atoms. The minimum absolute atomic E-state index is 0.0658. The first-order valence-electron chi connectivity index (χ1n) is 9.05. The zero-order chi connectivity index (χ0) is 19.4. The number of nitrogens with one attached hydrogen (secondary N) is 3. The number of unbranched alkanes of at least 4 members (excludes halogenated alkanes) is 3. The molecule has 3 N–H and O–H groups in total. The molecule has 0 atom stereocenters. The maximum absolute atomic E-state index is 12.1. The van der Waals surface area contributed by atoms with Crippen LogP contribution in [-0.2, 0) is 4.79 Å². The van der Waals surface area contributed by atoms with E-state index in [2.05, 4.69) is 23.1 Å². The summed E-state index contributed by atoms with van der Waals surface area (Å²) in [5, 5.41) is 2.58. The Kier molecular flexibility index (Phi) is 10.3. The molecule has 1 rings (SSSR count). The summed E-state index contributed by atoms with van der Waals surface area (Å²) in [6, 6.07) is 6.88. The number of hydrogen-bond acceptors (Lipinski definition) is 4. The van der Waals surface area contributed by atoms with E-state index in [9.17, 15) is 9.59 Å². The molecule has 0 bridgehead atoms. The molecule has 1 aromatic rings. The smallest absolute Gasteiger partial charge is 0.269 e. The molecular formula is C19H29N3O3S. The third-order valence-electron chi connectivity index (χ3n) is 3.52.